The second-order valence-electron chi connectivity index (χ2n) is 7.15. The highest BCUT2D eigenvalue weighted by molar-refractivity contribution is 5.79. The Balaban J connectivity index is 1.52. The molecule has 0 spiro atoms. The molecule has 22 heavy (non-hydrogen) atoms. The number of likely N-dealkylation sites (tertiary alicyclic amines) is 2. The predicted molar refractivity (Wildman–Crippen MR) is 86.7 cm³/mol. The van der Waals surface area contributed by atoms with Crippen LogP contribution in [0.25, 0.3) is 0 Å². The molecule has 2 unspecified atom stereocenters. The molecule has 1 saturated carbocycles. The lowest BCUT2D eigenvalue weighted by Crippen LogP contribution is -2.47. The molecule has 1 amide bonds. The van der Waals surface area contributed by atoms with Gasteiger partial charge in [-0.1, -0.05) is 0 Å². The number of likely N-dealkylation sites (N-methyl/N-ethyl adjacent to an activating group) is 1. The van der Waals surface area contributed by atoms with Crippen molar-refractivity contribution in [3.8, 4) is 0 Å². The van der Waals surface area contributed by atoms with Crippen molar-refractivity contribution in [2.45, 2.75) is 63.6 Å². The molecule has 5 nitrogen and oxygen atoms in total. The zero-order valence-electron chi connectivity index (χ0n) is 13.9. The maximum Gasteiger partial charge on any atom is 0.236 e. The number of hydrogen-bond donors (Lipinski definition) is 1. The van der Waals surface area contributed by atoms with E-state index in [1.54, 1.807) is 0 Å². The average Bonchev–Trinajstić information content (AvgIpc) is 3.08. The van der Waals surface area contributed by atoms with Crippen LogP contribution in [0.2, 0.25) is 0 Å². The highest BCUT2D eigenvalue weighted by atomic mass is 16.3. The van der Waals surface area contributed by atoms with Gasteiger partial charge in [-0.2, -0.15) is 0 Å². The Morgan fingerprint density at radius 1 is 1.09 bits per heavy atom. The number of amides is 1. The lowest BCUT2D eigenvalue weighted by Gasteiger charge is -2.32. The molecule has 3 rings (SSSR count). The minimum Gasteiger partial charge on any atom is -0.395 e. The van der Waals surface area contributed by atoms with Gasteiger partial charge in [0.25, 0.3) is 0 Å². The summed E-state index contributed by atoms with van der Waals surface area (Å²) in [4.78, 5) is 19.4. The van der Waals surface area contributed by atoms with Gasteiger partial charge in [-0.05, 0) is 58.5 Å². The van der Waals surface area contributed by atoms with E-state index in [1.165, 1.54) is 32.1 Å². The standard InChI is InChI=1S/C17H31N3O2/c1-2-20(14-7-8-14)17(22)12-19-10-3-5-15(19)11-18-9-4-6-16(18)13-21/h14-16,21H,2-13H2,1H3. The van der Waals surface area contributed by atoms with Gasteiger partial charge in [-0.25, -0.2) is 0 Å². The third-order valence-corrected chi connectivity index (χ3v) is 5.64. The van der Waals surface area contributed by atoms with Crippen LogP contribution in [0.4, 0.5) is 0 Å². The van der Waals surface area contributed by atoms with Gasteiger partial charge < -0.3 is 10.0 Å². The third-order valence-electron chi connectivity index (χ3n) is 5.64. The molecule has 0 aromatic carbocycles. The van der Waals surface area contributed by atoms with E-state index in [0.29, 0.717) is 30.6 Å². The largest absolute Gasteiger partial charge is 0.395 e. The lowest BCUT2D eigenvalue weighted by molar-refractivity contribution is -0.133. The van der Waals surface area contributed by atoms with Crippen LogP contribution < -0.4 is 0 Å². The van der Waals surface area contributed by atoms with Crippen molar-refractivity contribution >= 4 is 5.91 Å². The van der Waals surface area contributed by atoms with Crippen molar-refractivity contribution in [3.05, 3.63) is 0 Å². The van der Waals surface area contributed by atoms with Crippen LogP contribution in [0.15, 0.2) is 0 Å². The molecule has 3 fully saturated rings. The molecule has 0 bridgehead atoms. The summed E-state index contributed by atoms with van der Waals surface area (Å²) in [6.45, 7) is 6.98. The lowest BCUT2D eigenvalue weighted by atomic mass is 10.2. The normalized spacial score (nSPS) is 30.1. The number of aliphatic hydroxyl groups is 1. The number of carbonyl (C=O) groups is 1. The molecule has 0 aromatic rings. The Kier molecular flexibility index (Phi) is 5.37. The van der Waals surface area contributed by atoms with E-state index in [9.17, 15) is 9.90 Å². The summed E-state index contributed by atoms with van der Waals surface area (Å²) >= 11 is 0. The Hall–Kier alpha value is -0.650. The Morgan fingerprint density at radius 3 is 2.41 bits per heavy atom. The van der Waals surface area contributed by atoms with E-state index in [4.69, 9.17) is 0 Å². The van der Waals surface area contributed by atoms with Crippen LogP contribution in [0.3, 0.4) is 0 Å². The summed E-state index contributed by atoms with van der Waals surface area (Å²) < 4.78 is 0. The number of carbonyl (C=O) groups excluding carboxylic acids is 1. The monoisotopic (exact) mass is 309 g/mol. The van der Waals surface area contributed by atoms with Gasteiger partial charge in [0.05, 0.1) is 13.2 Å². The summed E-state index contributed by atoms with van der Waals surface area (Å²) in [5.41, 5.74) is 0. The van der Waals surface area contributed by atoms with Gasteiger partial charge in [0.15, 0.2) is 0 Å². The van der Waals surface area contributed by atoms with Gasteiger partial charge in [0, 0.05) is 31.2 Å². The number of aliphatic hydroxyl groups excluding tert-OH is 1. The molecule has 1 aliphatic carbocycles. The molecule has 0 aromatic heterocycles. The van der Waals surface area contributed by atoms with Crippen LogP contribution in [0, 0.1) is 0 Å². The average molecular weight is 309 g/mol. The number of rotatable bonds is 7. The molecule has 126 valence electrons. The maximum absolute atomic E-state index is 12.5. The second kappa shape index (κ2) is 7.28. The van der Waals surface area contributed by atoms with Gasteiger partial charge in [0.1, 0.15) is 0 Å². The van der Waals surface area contributed by atoms with Gasteiger partial charge in [0.2, 0.25) is 5.91 Å². The fourth-order valence-corrected chi connectivity index (χ4v) is 4.21. The smallest absolute Gasteiger partial charge is 0.236 e. The van der Waals surface area contributed by atoms with Gasteiger partial charge in [-0.15, -0.1) is 0 Å². The second-order valence-corrected chi connectivity index (χ2v) is 7.15. The Bertz CT molecular complexity index is 386. The molecule has 2 atom stereocenters. The SMILES string of the molecule is CCN(C(=O)CN1CCCC1CN1CCCC1CO)C1CC1. The molecule has 2 aliphatic heterocycles. The molecule has 2 saturated heterocycles. The van der Waals surface area contributed by atoms with E-state index in [1.807, 2.05) is 0 Å². The molecular formula is C17H31N3O2. The summed E-state index contributed by atoms with van der Waals surface area (Å²) in [7, 11) is 0. The van der Waals surface area contributed by atoms with E-state index >= 15 is 0 Å². The van der Waals surface area contributed by atoms with Crippen LogP contribution >= 0.6 is 0 Å². The van der Waals surface area contributed by atoms with Crippen LogP contribution in [0.1, 0.15) is 45.4 Å². The van der Waals surface area contributed by atoms with E-state index in [0.717, 1.165) is 32.6 Å². The van der Waals surface area contributed by atoms with E-state index in [-0.39, 0.29) is 6.61 Å². The summed E-state index contributed by atoms with van der Waals surface area (Å²) in [6.07, 6.45) is 7.09. The fourth-order valence-electron chi connectivity index (χ4n) is 4.21. The van der Waals surface area contributed by atoms with Gasteiger partial charge >= 0.3 is 0 Å². The third kappa shape index (κ3) is 3.63. The highest BCUT2D eigenvalue weighted by Crippen LogP contribution is 2.28. The van der Waals surface area contributed by atoms with E-state index < -0.39 is 0 Å². The molecule has 0 radical (unpaired) electrons. The molecule has 3 aliphatic rings. The molecular weight excluding hydrogens is 278 g/mol. The zero-order valence-corrected chi connectivity index (χ0v) is 13.9. The summed E-state index contributed by atoms with van der Waals surface area (Å²) in [5, 5.41) is 9.48. The van der Waals surface area contributed by atoms with Crippen molar-refractivity contribution in [3.63, 3.8) is 0 Å². The van der Waals surface area contributed by atoms with Crippen LogP contribution in [-0.2, 0) is 4.79 Å². The first-order valence-corrected chi connectivity index (χ1v) is 9.11. The van der Waals surface area contributed by atoms with Crippen molar-refractivity contribution in [1.29, 1.82) is 0 Å². The van der Waals surface area contributed by atoms with Gasteiger partial charge in [-0.3, -0.25) is 14.6 Å². The van der Waals surface area contributed by atoms with Crippen LogP contribution in [-0.4, -0.2) is 83.2 Å². The zero-order chi connectivity index (χ0) is 15.5. The topological polar surface area (TPSA) is 47.0 Å². The maximum atomic E-state index is 12.5. The van der Waals surface area contributed by atoms with Crippen molar-refractivity contribution in [2.24, 2.45) is 0 Å². The van der Waals surface area contributed by atoms with E-state index in [2.05, 4.69) is 21.6 Å². The molecule has 1 N–H and O–H groups in total. The fraction of sp³-hybridized carbons (Fsp3) is 0.941. The van der Waals surface area contributed by atoms with Crippen LogP contribution in [0.5, 0.6) is 0 Å². The predicted octanol–water partition coefficient (Wildman–Crippen LogP) is 0.918. The highest BCUT2D eigenvalue weighted by Gasteiger charge is 2.35. The quantitative estimate of drug-likeness (QED) is 0.760. The van der Waals surface area contributed by atoms with Crippen molar-refractivity contribution < 1.29 is 9.90 Å². The Labute approximate surface area is 134 Å². The first-order chi connectivity index (χ1) is 10.7. The summed E-state index contributed by atoms with van der Waals surface area (Å²) in [5.74, 6) is 0.317. The minimum atomic E-state index is 0.275. The first kappa shape index (κ1) is 16.2. The Morgan fingerprint density at radius 2 is 1.77 bits per heavy atom. The molecule has 2 heterocycles. The van der Waals surface area contributed by atoms with Crippen molar-refractivity contribution in [1.82, 2.24) is 14.7 Å². The number of nitrogens with zero attached hydrogens (tertiary/aromatic N) is 3. The first-order valence-electron chi connectivity index (χ1n) is 9.11. The van der Waals surface area contributed by atoms with Crippen molar-refractivity contribution in [2.75, 3.05) is 39.3 Å². The minimum absolute atomic E-state index is 0.275. The summed E-state index contributed by atoms with van der Waals surface area (Å²) in [6, 6.07) is 1.36. The number of hydrogen-bond acceptors (Lipinski definition) is 4. The molecule has 5 heteroatoms.